The fraction of sp³-hybridized carbons (Fsp3) is 0.923. The predicted octanol–water partition coefficient (Wildman–Crippen LogP) is 1.14. The van der Waals surface area contributed by atoms with E-state index in [0.29, 0.717) is 13.0 Å². The molecule has 0 aliphatic rings. The Kier molecular flexibility index (Phi) is 9.92. The first-order valence-corrected chi connectivity index (χ1v) is 6.72. The smallest absolute Gasteiger partial charge is 0.332 e. The van der Waals surface area contributed by atoms with E-state index in [1.165, 1.54) is 0 Å². The lowest BCUT2D eigenvalue weighted by Gasteiger charge is -2.24. The van der Waals surface area contributed by atoms with Crippen LogP contribution in [0, 0.1) is 0 Å². The van der Waals surface area contributed by atoms with Gasteiger partial charge in [0.25, 0.3) is 0 Å². The Bertz CT molecular complexity index is 222. The molecule has 0 saturated carbocycles. The number of aliphatic carboxylic acids is 1. The molecule has 0 radical (unpaired) electrons. The van der Waals surface area contributed by atoms with Gasteiger partial charge in [0, 0.05) is 26.2 Å². The van der Waals surface area contributed by atoms with Gasteiger partial charge in [0.1, 0.15) is 0 Å². The Hall–Kier alpha value is -0.650. The lowest BCUT2D eigenvalue weighted by molar-refractivity contribution is -0.150. The van der Waals surface area contributed by atoms with E-state index in [-0.39, 0.29) is 0 Å². The molecule has 1 atom stereocenters. The largest absolute Gasteiger partial charge is 0.479 e. The van der Waals surface area contributed by atoms with Crippen LogP contribution in [-0.2, 0) is 9.53 Å². The zero-order chi connectivity index (χ0) is 14.0. The summed E-state index contributed by atoms with van der Waals surface area (Å²) in [6.07, 6.45) is 0.963. The van der Waals surface area contributed by atoms with E-state index < -0.39 is 12.1 Å². The lowest BCUT2D eigenvalue weighted by Crippen LogP contribution is -2.36. The molecule has 18 heavy (non-hydrogen) atoms. The Morgan fingerprint density at radius 3 is 2.28 bits per heavy atom. The highest BCUT2D eigenvalue weighted by Gasteiger charge is 2.18. The van der Waals surface area contributed by atoms with Crippen molar-refractivity contribution in [1.82, 2.24) is 9.80 Å². The average Bonchev–Trinajstić information content (AvgIpc) is 2.30. The average molecular weight is 260 g/mol. The van der Waals surface area contributed by atoms with E-state index in [2.05, 4.69) is 16.7 Å². The van der Waals surface area contributed by atoms with Crippen molar-refractivity contribution in [3.05, 3.63) is 0 Å². The standard InChI is InChI=1S/C13H28N2O3/c1-5-8-15(11-10-14(3)4)9-7-12(13(16)17)18-6-2/h12H,5-11H2,1-4H3,(H,16,17). The van der Waals surface area contributed by atoms with Crippen molar-refractivity contribution < 1.29 is 14.6 Å². The number of rotatable bonds is 11. The molecule has 1 N–H and O–H groups in total. The first kappa shape index (κ1) is 17.4. The van der Waals surface area contributed by atoms with Crippen molar-refractivity contribution in [3.8, 4) is 0 Å². The summed E-state index contributed by atoms with van der Waals surface area (Å²) in [5.41, 5.74) is 0. The molecule has 5 nitrogen and oxygen atoms in total. The van der Waals surface area contributed by atoms with Crippen LogP contribution < -0.4 is 0 Å². The number of carboxylic acids is 1. The van der Waals surface area contributed by atoms with Gasteiger partial charge in [-0.25, -0.2) is 4.79 Å². The quantitative estimate of drug-likeness (QED) is 0.604. The fourth-order valence-corrected chi connectivity index (χ4v) is 1.77. The maximum atomic E-state index is 11.0. The maximum absolute atomic E-state index is 11.0. The highest BCUT2D eigenvalue weighted by Crippen LogP contribution is 2.03. The van der Waals surface area contributed by atoms with E-state index >= 15 is 0 Å². The van der Waals surface area contributed by atoms with Crippen LogP contribution >= 0.6 is 0 Å². The highest BCUT2D eigenvalue weighted by molar-refractivity contribution is 5.72. The van der Waals surface area contributed by atoms with Crippen molar-refractivity contribution in [2.45, 2.75) is 32.8 Å². The van der Waals surface area contributed by atoms with Gasteiger partial charge >= 0.3 is 5.97 Å². The van der Waals surface area contributed by atoms with E-state index in [4.69, 9.17) is 9.84 Å². The van der Waals surface area contributed by atoms with Gasteiger partial charge in [-0.2, -0.15) is 0 Å². The summed E-state index contributed by atoms with van der Waals surface area (Å²) in [6.45, 7) is 8.16. The first-order chi connectivity index (χ1) is 8.51. The van der Waals surface area contributed by atoms with Gasteiger partial charge in [0.05, 0.1) is 0 Å². The third-order valence-corrected chi connectivity index (χ3v) is 2.75. The second-order valence-electron chi connectivity index (χ2n) is 4.72. The summed E-state index contributed by atoms with van der Waals surface area (Å²) in [5, 5.41) is 9.01. The summed E-state index contributed by atoms with van der Waals surface area (Å²) >= 11 is 0. The molecule has 0 aliphatic carbocycles. The van der Waals surface area contributed by atoms with Crippen molar-refractivity contribution >= 4 is 5.97 Å². The summed E-state index contributed by atoms with van der Waals surface area (Å²) in [4.78, 5) is 15.4. The second-order valence-corrected chi connectivity index (χ2v) is 4.72. The van der Waals surface area contributed by atoms with Gasteiger partial charge in [-0.05, 0) is 40.4 Å². The molecule has 108 valence electrons. The van der Waals surface area contributed by atoms with Crippen molar-refractivity contribution in [2.24, 2.45) is 0 Å². The molecule has 1 unspecified atom stereocenters. The van der Waals surface area contributed by atoms with Crippen LogP contribution in [0.5, 0.6) is 0 Å². The molecule has 0 spiro atoms. The van der Waals surface area contributed by atoms with E-state index in [1.807, 2.05) is 21.0 Å². The molecule has 0 amide bonds. The number of carbonyl (C=O) groups is 1. The molecule has 0 bridgehead atoms. The van der Waals surface area contributed by atoms with Crippen molar-refractivity contribution in [1.29, 1.82) is 0 Å². The summed E-state index contributed by atoms with van der Waals surface area (Å²) < 4.78 is 5.22. The summed E-state index contributed by atoms with van der Waals surface area (Å²) in [5.74, 6) is -0.860. The van der Waals surface area contributed by atoms with Crippen LogP contribution in [0.1, 0.15) is 26.7 Å². The molecule has 0 aromatic heterocycles. The highest BCUT2D eigenvalue weighted by atomic mass is 16.5. The van der Waals surface area contributed by atoms with Crippen LogP contribution in [0.3, 0.4) is 0 Å². The van der Waals surface area contributed by atoms with Crippen LogP contribution in [0.4, 0.5) is 0 Å². The van der Waals surface area contributed by atoms with Gasteiger partial charge in [-0.15, -0.1) is 0 Å². The minimum Gasteiger partial charge on any atom is -0.479 e. The summed E-state index contributed by atoms with van der Waals surface area (Å²) in [6, 6.07) is 0. The van der Waals surface area contributed by atoms with E-state index in [9.17, 15) is 4.79 Å². The summed E-state index contributed by atoms with van der Waals surface area (Å²) in [7, 11) is 4.09. The monoisotopic (exact) mass is 260 g/mol. The molecule has 0 aromatic carbocycles. The predicted molar refractivity (Wildman–Crippen MR) is 73.0 cm³/mol. The molecule has 0 fully saturated rings. The number of nitrogens with zero attached hydrogens (tertiary/aromatic N) is 2. The number of ether oxygens (including phenoxy) is 1. The zero-order valence-corrected chi connectivity index (χ0v) is 12.2. The number of hydrogen-bond donors (Lipinski definition) is 1. The minimum atomic E-state index is -0.860. The third kappa shape index (κ3) is 8.44. The first-order valence-electron chi connectivity index (χ1n) is 6.72. The third-order valence-electron chi connectivity index (χ3n) is 2.75. The number of carboxylic acid groups (broad SMARTS) is 1. The lowest BCUT2D eigenvalue weighted by atomic mass is 10.2. The van der Waals surface area contributed by atoms with Crippen LogP contribution in [-0.4, -0.2) is 73.9 Å². The second kappa shape index (κ2) is 10.3. The minimum absolute atomic E-state index is 0.447. The van der Waals surface area contributed by atoms with Crippen LogP contribution in [0.25, 0.3) is 0 Å². The molecule has 0 rings (SSSR count). The molecule has 0 aliphatic heterocycles. The van der Waals surface area contributed by atoms with Crippen LogP contribution in [0.15, 0.2) is 0 Å². The maximum Gasteiger partial charge on any atom is 0.332 e. The Balaban J connectivity index is 4.09. The SMILES string of the molecule is CCCN(CCC(OCC)C(=O)O)CCN(C)C. The van der Waals surface area contributed by atoms with Gasteiger partial charge in [0.2, 0.25) is 0 Å². The van der Waals surface area contributed by atoms with Gasteiger partial charge in [-0.1, -0.05) is 6.92 Å². The van der Waals surface area contributed by atoms with Crippen LogP contribution in [0.2, 0.25) is 0 Å². The molecular formula is C13H28N2O3. The normalized spacial score (nSPS) is 13.2. The van der Waals surface area contributed by atoms with Crippen molar-refractivity contribution in [2.75, 3.05) is 46.9 Å². The Labute approximate surface area is 111 Å². The van der Waals surface area contributed by atoms with Crippen molar-refractivity contribution in [3.63, 3.8) is 0 Å². The van der Waals surface area contributed by atoms with E-state index in [1.54, 1.807) is 0 Å². The van der Waals surface area contributed by atoms with Gasteiger partial charge < -0.3 is 19.6 Å². The van der Waals surface area contributed by atoms with E-state index in [0.717, 1.165) is 32.6 Å². The Morgan fingerprint density at radius 1 is 1.17 bits per heavy atom. The number of likely N-dealkylation sites (N-methyl/N-ethyl adjacent to an activating group) is 1. The molecular weight excluding hydrogens is 232 g/mol. The molecule has 0 saturated heterocycles. The molecule has 0 aromatic rings. The zero-order valence-electron chi connectivity index (χ0n) is 12.2. The Morgan fingerprint density at radius 2 is 1.83 bits per heavy atom. The molecule has 5 heteroatoms. The molecule has 0 heterocycles. The number of hydrogen-bond acceptors (Lipinski definition) is 4. The topological polar surface area (TPSA) is 53.0 Å². The fourth-order valence-electron chi connectivity index (χ4n) is 1.77. The van der Waals surface area contributed by atoms with Gasteiger partial charge in [0.15, 0.2) is 6.10 Å². The van der Waals surface area contributed by atoms with Gasteiger partial charge in [-0.3, -0.25) is 0 Å².